The van der Waals surface area contributed by atoms with Crippen LogP contribution in [0.25, 0.3) is 11.0 Å². The monoisotopic (exact) mass is 257 g/mol. The second-order valence-corrected chi connectivity index (χ2v) is 5.94. The van der Waals surface area contributed by atoms with E-state index >= 15 is 0 Å². The van der Waals surface area contributed by atoms with Gasteiger partial charge in [-0.2, -0.15) is 0 Å². The van der Waals surface area contributed by atoms with E-state index in [0.29, 0.717) is 5.92 Å². The summed E-state index contributed by atoms with van der Waals surface area (Å²) in [4.78, 5) is 4.82. The van der Waals surface area contributed by atoms with Crippen molar-refractivity contribution < 1.29 is 0 Å². The van der Waals surface area contributed by atoms with Gasteiger partial charge in [0.1, 0.15) is 5.82 Å². The fourth-order valence-electron chi connectivity index (χ4n) is 3.06. The molecular formula is C16H23N3. The number of rotatable bonds is 3. The summed E-state index contributed by atoms with van der Waals surface area (Å²) in [7, 11) is 0. The van der Waals surface area contributed by atoms with Crippen LogP contribution in [-0.4, -0.2) is 22.6 Å². The lowest BCUT2D eigenvalue weighted by Gasteiger charge is -2.24. The third-order valence-corrected chi connectivity index (χ3v) is 4.04. The van der Waals surface area contributed by atoms with Crippen molar-refractivity contribution >= 4 is 11.0 Å². The molecule has 3 heteroatoms. The van der Waals surface area contributed by atoms with Gasteiger partial charge < -0.3 is 9.88 Å². The maximum Gasteiger partial charge on any atom is 0.112 e. The first-order valence-electron chi connectivity index (χ1n) is 7.41. The maximum absolute atomic E-state index is 4.82. The molecule has 1 aromatic carbocycles. The normalized spacial score (nSPS) is 20.3. The number of aromatic nitrogens is 2. The third-order valence-electron chi connectivity index (χ3n) is 4.04. The van der Waals surface area contributed by atoms with Crippen LogP contribution in [0.4, 0.5) is 0 Å². The fourth-order valence-corrected chi connectivity index (χ4v) is 3.06. The number of imidazole rings is 1. The predicted octanol–water partition coefficient (Wildman–Crippen LogP) is 3.16. The highest BCUT2D eigenvalue weighted by molar-refractivity contribution is 5.76. The van der Waals surface area contributed by atoms with Crippen molar-refractivity contribution in [2.24, 2.45) is 5.92 Å². The van der Waals surface area contributed by atoms with E-state index in [1.807, 2.05) is 0 Å². The van der Waals surface area contributed by atoms with Gasteiger partial charge in [-0.15, -0.1) is 0 Å². The Morgan fingerprint density at radius 3 is 2.95 bits per heavy atom. The number of fused-ring (bicyclic) bond motifs is 1. The number of nitrogens with zero attached hydrogens (tertiary/aromatic N) is 2. The number of hydrogen-bond acceptors (Lipinski definition) is 2. The van der Waals surface area contributed by atoms with Crippen molar-refractivity contribution in [3.8, 4) is 0 Å². The highest BCUT2D eigenvalue weighted by atomic mass is 15.1. The summed E-state index contributed by atoms with van der Waals surface area (Å²) in [6, 6.07) is 8.51. The third kappa shape index (κ3) is 2.52. The molecule has 1 atom stereocenters. The number of piperidine rings is 1. The zero-order chi connectivity index (χ0) is 13.2. The first-order valence-corrected chi connectivity index (χ1v) is 7.41. The van der Waals surface area contributed by atoms with E-state index in [4.69, 9.17) is 4.98 Å². The van der Waals surface area contributed by atoms with Gasteiger partial charge in [0.05, 0.1) is 11.0 Å². The fraction of sp³-hybridized carbons (Fsp3) is 0.562. The van der Waals surface area contributed by atoms with E-state index in [2.05, 4.69) is 48.0 Å². The number of hydrogen-bond donors (Lipinski definition) is 1. The molecule has 0 radical (unpaired) electrons. The minimum Gasteiger partial charge on any atom is -0.327 e. The van der Waals surface area contributed by atoms with Gasteiger partial charge in [-0.25, -0.2) is 4.98 Å². The van der Waals surface area contributed by atoms with Crippen LogP contribution in [-0.2, 0) is 6.54 Å². The van der Waals surface area contributed by atoms with Crippen LogP contribution in [0.3, 0.4) is 0 Å². The van der Waals surface area contributed by atoms with Gasteiger partial charge in [0, 0.05) is 12.5 Å². The molecule has 0 unspecified atom stereocenters. The second kappa shape index (κ2) is 5.33. The smallest absolute Gasteiger partial charge is 0.112 e. The van der Waals surface area contributed by atoms with Gasteiger partial charge >= 0.3 is 0 Å². The summed E-state index contributed by atoms with van der Waals surface area (Å²) in [6.07, 6.45) is 2.63. The van der Waals surface area contributed by atoms with Crippen LogP contribution < -0.4 is 5.32 Å². The predicted molar refractivity (Wildman–Crippen MR) is 79.4 cm³/mol. The van der Waals surface area contributed by atoms with Gasteiger partial charge in [-0.05, 0) is 44.0 Å². The Labute approximate surface area is 115 Å². The molecule has 102 valence electrons. The summed E-state index contributed by atoms with van der Waals surface area (Å²) in [5.74, 6) is 2.44. The second-order valence-electron chi connectivity index (χ2n) is 5.94. The molecule has 0 bridgehead atoms. The Morgan fingerprint density at radius 2 is 2.21 bits per heavy atom. The van der Waals surface area contributed by atoms with Crippen LogP contribution in [0.5, 0.6) is 0 Å². The molecule has 1 fully saturated rings. The van der Waals surface area contributed by atoms with Gasteiger partial charge in [-0.1, -0.05) is 26.0 Å². The molecule has 1 aliphatic rings. The molecule has 0 saturated carbocycles. The molecule has 3 rings (SSSR count). The molecule has 3 nitrogen and oxygen atoms in total. The number of benzene rings is 1. The van der Waals surface area contributed by atoms with Crippen molar-refractivity contribution in [3.63, 3.8) is 0 Å². The topological polar surface area (TPSA) is 29.9 Å². The van der Waals surface area contributed by atoms with Gasteiger partial charge in [0.25, 0.3) is 0 Å². The first-order chi connectivity index (χ1) is 9.25. The Balaban J connectivity index is 1.97. The van der Waals surface area contributed by atoms with Crippen molar-refractivity contribution in [1.82, 2.24) is 14.9 Å². The van der Waals surface area contributed by atoms with Crippen LogP contribution in [0, 0.1) is 5.92 Å². The summed E-state index contributed by atoms with van der Waals surface area (Å²) < 4.78 is 2.44. The summed E-state index contributed by atoms with van der Waals surface area (Å²) in [5, 5.41) is 3.51. The molecular weight excluding hydrogens is 234 g/mol. The molecule has 1 aromatic heterocycles. The zero-order valence-corrected chi connectivity index (χ0v) is 11.9. The summed E-state index contributed by atoms with van der Waals surface area (Å²) in [5.41, 5.74) is 2.42. The molecule has 1 aliphatic heterocycles. The van der Waals surface area contributed by atoms with E-state index in [1.165, 1.54) is 30.7 Å². The minimum atomic E-state index is 0.476. The lowest BCUT2D eigenvalue weighted by molar-refractivity contribution is 0.335. The molecule has 2 heterocycles. The molecule has 0 amide bonds. The van der Waals surface area contributed by atoms with Crippen LogP contribution in [0.15, 0.2) is 24.3 Å². The van der Waals surface area contributed by atoms with E-state index in [0.717, 1.165) is 24.5 Å². The molecule has 1 N–H and O–H groups in total. The van der Waals surface area contributed by atoms with Crippen molar-refractivity contribution in [3.05, 3.63) is 30.1 Å². The average molecular weight is 257 g/mol. The largest absolute Gasteiger partial charge is 0.327 e. The van der Waals surface area contributed by atoms with Crippen LogP contribution in [0.2, 0.25) is 0 Å². The lowest BCUT2D eigenvalue weighted by atomic mass is 9.99. The van der Waals surface area contributed by atoms with Crippen LogP contribution in [0.1, 0.15) is 38.4 Å². The molecule has 2 aromatic rings. The van der Waals surface area contributed by atoms with Gasteiger partial charge in [0.15, 0.2) is 0 Å². The van der Waals surface area contributed by atoms with Crippen molar-refractivity contribution in [2.75, 3.05) is 13.1 Å². The van der Waals surface area contributed by atoms with E-state index < -0.39 is 0 Å². The zero-order valence-electron chi connectivity index (χ0n) is 11.9. The van der Waals surface area contributed by atoms with Crippen LogP contribution >= 0.6 is 0 Å². The molecule has 1 saturated heterocycles. The Kier molecular flexibility index (Phi) is 3.56. The number of nitrogens with one attached hydrogen (secondary N) is 1. The van der Waals surface area contributed by atoms with Crippen molar-refractivity contribution in [2.45, 2.75) is 39.2 Å². The molecule has 0 aliphatic carbocycles. The quantitative estimate of drug-likeness (QED) is 0.915. The highest BCUT2D eigenvalue weighted by Crippen LogP contribution is 2.24. The van der Waals surface area contributed by atoms with Crippen molar-refractivity contribution in [1.29, 1.82) is 0 Å². The minimum absolute atomic E-state index is 0.476. The Morgan fingerprint density at radius 1 is 1.37 bits per heavy atom. The van der Waals surface area contributed by atoms with E-state index in [9.17, 15) is 0 Å². The van der Waals surface area contributed by atoms with E-state index in [1.54, 1.807) is 0 Å². The standard InChI is InChI=1S/C16H23N3/c1-12(2)16-18-14-7-3-4-8-15(14)19(16)11-13-6-5-9-17-10-13/h3-4,7-8,12-13,17H,5-6,9-11H2,1-2H3/t13-/m0/s1. The lowest BCUT2D eigenvalue weighted by Crippen LogP contribution is -2.32. The highest BCUT2D eigenvalue weighted by Gasteiger charge is 2.18. The SMILES string of the molecule is CC(C)c1nc2ccccc2n1C[C@H]1CCCNC1. The van der Waals surface area contributed by atoms with Gasteiger partial charge in [0.2, 0.25) is 0 Å². The Hall–Kier alpha value is -1.35. The maximum atomic E-state index is 4.82. The first kappa shape index (κ1) is 12.7. The number of para-hydroxylation sites is 2. The Bertz CT molecular complexity index is 550. The molecule has 19 heavy (non-hydrogen) atoms. The molecule has 0 spiro atoms. The summed E-state index contributed by atoms with van der Waals surface area (Å²) in [6.45, 7) is 7.89. The summed E-state index contributed by atoms with van der Waals surface area (Å²) >= 11 is 0. The average Bonchev–Trinajstić information content (AvgIpc) is 2.79. The van der Waals surface area contributed by atoms with E-state index in [-0.39, 0.29) is 0 Å². The van der Waals surface area contributed by atoms with Gasteiger partial charge in [-0.3, -0.25) is 0 Å².